The number of nitrogens with zero attached hydrogens (tertiary/aromatic N) is 4. The van der Waals surface area contributed by atoms with Crippen molar-refractivity contribution in [2.24, 2.45) is 0 Å². The van der Waals surface area contributed by atoms with Crippen LogP contribution in [0.2, 0.25) is 0 Å². The minimum Gasteiger partial charge on any atom is -0.269 e. The zero-order valence-corrected chi connectivity index (χ0v) is 10.9. The standard InChI is InChI=1S/C8H11N5O2S2/c1-6(2)13-4-7(3-10-13)17(14,15)12-8-11-9-5-16-8/h3-6H,1-2H3,(H,11,12). The van der Waals surface area contributed by atoms with E-state index in [4.69, 9.17) is 0 Å². The molecule has 92 valence electrons. The summed E-state index contributed by atoms with van der Waals surface area (Å²) in [5.41, 5.74) is 1.45. The van der Waals surface area contributed by atoms with Crippen molar-refractivity contribution in [1.82, 2.24) is 20.0 Å². The molecule has 0 radical (unpaired) electrons. The van der Waals surface area contributed by atoms with Crippen molar-refractivity contribution in [3.63, 3.8) is 0 Å². The normalized spacial score (nSPS) is 11.9. The lowest BCUT2D eigenvalue weighted by Gasteiger charge is -2.03. The van der Waals surface area contributed by atoms with E-state index < -0.39 is 10.0 Å². The van der Waals surface area contributed by atoms with Crippen LogP contribution in [0.3, 0.4) is 0 Å². The van der Waals surface area contributed by atoms with Crippen molar-refractivity contribution in [1.29, 1.82) is 0 Å². The molecule has 1 N–H and O–H groups in total. The highest BCUT2D eigenvalue weighted by Crippen LogP contribution is 2.17. The molecular formula is C8H11N5O2S2. The van der Waals surface area contributed by atoms with Crippen molar-refractivity contribution in [2.75, 3.05) is 4.72 Å². The third-order valence-corrected chi connectivity index (χ3v) is 4.03. The van der Waals surface area contributed by atoms with Crippen LogP contribution in [0.25, 0.3) is 0 Å². The first-order chi connectivity index (χ1) is 7.99. The molecule has 9 heteroatoms. The minimum absolute atomic E-state index is 0.112. The molecule has 2 aromatic rings. The molecule has 2 aromatic heterocycles. The predicted octanol–water partition coefficient (Wildman–Crippen LogP) is 1.12. The summed E-state index contributed by atoms with van der Waals surface area (Å²) in [6, 6.07) is 0.112. The first kappa shape index (κ1) is 12.0. The summed E-state index contributed by atoms with van der Waals surface area (Å²) in [7, 11) is -3.62. The van der Waals surface area contributed by atoms with Gasteiger partial charge in [-0.25, -0.2) is 8.42 Å². The van der Waals surface area contributed by atoms with Gasteiger partial charge in [0.25, 0.3) is 10.0 Å². The van der Waals surface area contributed by atoms with Crippen LogP contribution < -0.4 is 4.72 Å². The Balaban J connectivity index is 2.25. The number of aromatic nitrogens is 4. The number of sulfonamides is 1. The molecule has 0 bridgehead atoms. The van der Waals surface area contributed by atoms with Gasteiger partial charge in [0.05, 0.1) is 6.20 Å². The molecule has 0 amide bonds. The van der Waals surface area contributed by atoms with Gasteiger partial charge in [-0.2, -0.15) is 5.10 Å². The summed E-state index contributed by atoms with van der Waals surface area (Å²) in [6.45, 7) is 3.84. The smallest absolute Gasteiger partial charge is 0.266 e. The molecule has 0 atom stereocenters. The highest BCUT2D eigenvalue weighted by Gasteiger charge is 2.18. The number of nitrogens with one attached hydrogen (secondary N) is 1. The predicted molar refractivity (Wildman–Crippen MR) is 63.3 cm³/mol. The number of hydrogen-bond acceptors (Lipinski definition) is 6. The van der Waals surface area contributed by atoms with Crippen LogP contribution >= 0.6 is 11.3 Å². The maximum atomic E-state index is 11.9. The molecule has 17 heavy (non-hydrogen) atoms. The summed E-state index contributed by atoms with van der Waals surface area (Å²) >= 11 is 1.12. The van der Waals surface area contributed by atoms with Gasteiger partial charge in [-0.15, -0.1) is 10.2 Å². The lowest BCUT2D eigenvalue weighted by atomic mass is 10.4. The largest absolute Gasteiger partial charge is 0.269 e. The molecule has 0 aromatic carbocycles. The van der Waals surface area contributed by atoms with E-state index in [1.807, 2.05) is 13.8 Å². The van der Waals surface area contributed by atoms with Crippen LogP contribution in [-0.4, -0.2) is 28.4 Å². The Hall–Kier alpha value is -1.48. The number of hydrogen-bond donors (Lipinski definition) is 1. The molecule has 0 saturated carbocycles. The van der Waals surface area contributed by atoms with Gasteiger partial charge in [0.1, 0.15) is 10.4 Å². The average molecular weight is 273 g/mol. The first-order valence-corrected chi connectivity index (χ1v) is 7.18. The molecule has 0 fully saturated rings. The highest BCUT2D eigenvalue weighted by molar-refractivity contribution is 7.93. The van der Waals surface area contributed by atoms with Crippen molar-refractivity contribution in [3.8, 4) is 0 Å². The molecule has 0 aliphatic rings. The fourth-order valence-corrected chi connectivity index (χ4v) is 2.76. The zero-order chi connectivity index (χ0) is 12.5. The van der Waals surface area contributed by atoms with E-state index in [2.05, 4.69) is 20.0 Å². The van der Waals surface area contributed by atoms with Gasteiger partial charge in [0, 0.05) is 12.2 Å². The Morgan fingerprint density at radius 2 is 2.24 bits per heavy atom. The second-order valence-corrected chi connectivity index (χ2v) is 6.11. The first-order valence-electron chi connectivity index (χ1n) is 4.82. The highest BCUT2D eigenvalue weighted by atomic mass is 32.2. The molecular weight excluding hydrogens is 262 g/mol. The summed E-state index contributed by atoms with van der Waals surface area (Å²) < 4.78 is 27.7. The lowest BCUT2D eigenvalue weighted by molar-refractivity contribution is 0.531. The molecule has 7 nitrogen and oxygen atoms in total. The van der Waals surface area contributed by atoms with Crippen molar-refractivity contribution in [2.45, 2.75) is 24.8 Å². The second kappa shape index (κ2) is 4.41. The second-order valence-electron chi connectivity index (χ2n) is 3.60. The maximum Gasteiger partial charge on any atom is 0.266 e. The Morgan fingerprint density at radius 3 is 2.76 bits per heavy atom. The van der Waals surface area contributed by atoms with Gasteiger partial charge >= 0.3 is 0 Å². The Bertz CT molecular complexity index is 587. The Labute approximate surface area is 103 Å². The van der Waals surface area contributed by atoms with Gasteiger partial charge in [0.2, 0.25) is 5.13 Å². The average Bonchev–Trinajstić information content (AvgIpc) is 2.84. The van der Waals surface area contributed by atoms with Crippen LogP contribution in [0, 0.1) is 0 Å². The molecule has 2 rings (SSSR count). The Kier molecular flexibility index (Phi) is 3.11. The summed E-state index contributed by atoms with van der Waals surface area (Å²) in [5.74, 6) is 0. The lowest BCUT2D eigenvalue weighted by Crippen LogP contribution is -2.12. The summed E-state index contributed by atoms with van der Waals surface area (Å²) in [5, 5.41) is 11.4. The SMILES string of the molecule is CC(C)n1cc(S(=O)(=O)Nc2nncs2)cn1. The molecule has 0 saturated heterocycles. The third-order valence-electron chi connectivity index (χ3n) is 2.00. The Morgan fingerprint density at radius 1 is 1.47 bits per heavy atom. The van der Waals surface area contributed by atoms with Gasteiger partial charge in [-0.05, 0) is 13.8 Å². The summed E-state index contributed by atoms with van der Waals surface area (Å²) in [6.07, 6.45) is 2.79. The van der Waals surface area contributed by atoms with E-state index >= 15 is 0 Å². The molecule has 2 heterocycles. The minimum atomic E-state index is -3.62. The van der Waals surface area contributed by atoms with E-state index in [9.17, 15) is 8.42 Å². The van der Waals surface area contributed by atoms with E-state index in [1.54, 1.807) is 4.68 Å². The van der Waals surface area contributed by atoms with E-state index in [-0.39, 0.29) is 16.1 Å². The van der Waals surface area contributed by atoms with E-state index in [0.717, 1.165) is 11.3 Å². The van der Waals surface area contributed by atoms with Gasteiger partial charge in [-0.1, -0.05) is 11.3 Å². The van der Waals surface area contributed by atoms with Crippen LogP contribution in [0.1, 0.15) is 19.9 Å². The summed E-state index contributed by atoms with van der Waals surface area (Å²) in [4.78, 5) is 0.112. The van der Waals surface area contributed by atoms with Gasteiger partial charge in [0.15, 0.2) is 0 Å². The van der Waals surface area contributed by atoms with Crippen LogP contribution in [0.15, 0.2) is 22.8 Å². The number of rotatable bonds is 4. The molecule has 0 spiro atoms. The molecule has 0 aliphatic heterocycles. The number of anilines is 1. The topological polar surface area (TPSA) is 89.8 Å². The third kappa shape index (κ3) is 2.61. The zero-order valence-electron chi connectivity index (χ0n) is 9.23. The quantitative estimate of drug-likeness (QED) is 0.901. The van der Waals surface area contributed by atoms with Crippen LogP contribution in [0.4, 0.5) is 5.13 Å². The van der Waals surface area contributed by atoms with Crippen LogP contribution in [0.5, 0.6) is 0 Å². The van der Waals surface area contributed by atoms with Crippen molar-refractivity contribution < 1.29 is 8.42 Å². The maximum absolute atomic E-state index is 11.9. The van der Waals surface area contributed by atoms with Crippen molar-refractivity contribution >= 4 is 26.5 Å². The molecule has 0 aliphatic carbocycles. The fraction of sp³-hybridized carbons (Fsp3) is 0.375. The molecule has 0 unspecified atom stereocenters. The van der Waals surface area contributed by atoms with Crippen LogP contribution in [-0.2, 0) is 10.0 Å². The van der Waals surface area contributed by atoms with Crippen molar-refractivity contribution in [3.05, 3.63) is 17.9 Å². The van der Waals surface area contributed by atoms with E-state index in [0.29, 0.717) is 0 Å². The fourth-order valence-electron chi connectivity index (χ4n) is 1.13. The van der Waals surface area contributed by atoms with Gasteiger partial charge in [-0.3, -0.25) is 9.40 Å². The van der Waals surface area contributed by atoms with Gasteiger partial charge < -0.3 is 0 Å². The monoisotopic (exact) mass is 273 g/mol. The van der Waals surface area contributed by atoms with E-state index in [1.165, 1.54) is 17.9 Å².